The van der Waals surface area contributed by atoms with Crippen molar-refractivity contribution in [1.29, 1.82) is 0 Å². The first-order valence-corrected chi connectivity index (χ1v) is 6.77. The van der Waals surface area contributed by atoms with Crippen LogP contribution in [-0.4, -0.2) is 10.7 Å². The molecule has 0 bridgehead atoms. The van der Waals surface area contributed by atoms with E-state index in [1.54, 1.807) is 0 Å². The molecule has 94 valence electrons. The molecule has 0 aliphatic heterocycles. The highest BCUT2D eigenvalue weighted by atomic mass is 16.3. The smallest absolute Gasteiger partial charge is 0.0690 e. The first-order chi connectivity index (χ1) is 7.98. The van der Waals surface area contributed by atoms with Crippen LogP contribution in [0.4, 0.5) is 0 Å². The van der Waals surface area contributed by atoms with Gasteiger partial charge in [-0.15, -0.1) is 0 Å². The summed E-state index contributed by atoms with van der Waals surface area (Å²) in [5.41, 5.74) is 3.48. The Morgan fingerprint density at radius 1 is 1.29 bits per heavy atom. The van der Waals surface area contributed by atoms with Gasteiger partial charge in [-0.25, -0.2) is 0 Å². The first kappa shape index (κ1) is 12.6. The molecule has 1 aromatic carbocycles. The predicted octanol–water partition coefficient (Wildman–Crippen LogP) is 3.79. The van der Waals surface area contributed by atoms with E-state index >= 15 is 0 Å². The van der Waals surface area contributed by atoms with E-state index in [2.05, 4.69) is 39.0 Å². The van der Waals surface area contributed by atoms with E-state index < -0.39 is 5.60 Å². The largest absolute Gasteiger partial charge is 0.390 e. The lowest BCUT2D eigenvalue weighted by Crippen LogP contribution is -2.36. The molecule has 1 aliphatic rings. The molecule has 0 aromatic heterocycles. The van der Waals surface area contributed by atoms with E-state index in [4.69, 9.17) is 0 Å². The molecule has 2 rings (SSSR count). The van der Waals surface area contributed by atoms with Crippen LogP contribution < -0.4 is 0 Å². The Bertz CT molecular complexity index is 397. The molecule has 1 aliphatic carbocycles. The highest BCUT2D eigenvalue weighted by Gasteiger charge is 2.32. The first-order valence-electron chi connectivity index (χ1n) is 6.77. The summed E-state index contributed by atoms with van der Waals surface area (Å²) in [7, 11) is 0. The van der Waals surface area contributed by atoms with E-state index in [1.165, 1.54) is 29.5 Å². The average Bonchev–Trinajstić information content (AvgIpc) is 2.22. The SMILES string of the molecule is Cc1ccc(CC2(O)CCCC(C)C2)cc1C. The number of hydrogen-bond donors (Lipinski definition) is 1. The molecule has 1 fully saturated rings. The van der Waals surface area contributed by atoms with E-state index in [9.17, 15) is 5.11 Å². The van der Waals surface area contributed by atoms with Crippen LogP contribution in [0.2, 0.25) is 0 Å². The van der Waals surface area contributed by atoms with Crippen molar-refractivity contribution in [2.45, 2.75) is 58.5 Å². The molecule has 17 heavy (non-hydrogen) atoms. The molecule has 1 N–H and O–H groups in total. The van der Waals surface area contributed by atoms with Crippen LogP contribution in [0.25, 0.3) is 0 Å². The third-order valence-corrected chi connectivity index (χ3v) is 4.17. The minimum Gasteiger partial charge on any atom is -0.390 e. The highest BCUT2D eigenvalue weighted by molar-refractivity contribution is 5.30. The Balaban J connectivity index is 2.11. The minimum atomic E-state index is -0.459. The molecule has 1 saturated carbocycles. The summed E-state index contributed by atoms with van der Waals surface area (Å²) in [6.07, 6.45) is 5.18. The lowest BCUT2D eigenvalue weighted by Gasteiger charge is -2.35. The summed E-state index contributed by atoms with van der Waals surface area (Å²) in [5.74, 6) is 0.667. The lowest BCUT2D eigenvalue weighted by molar-refractivity contribution is -0.0123. The fraction of sp³-hybridized carbons (Fsp3) is 0.625. The Hall–Kier alpha value is -0.820. The summed E-state index contributed by atoms with van der Waals surface area (Å²) >= 11 is 0. The maximum atomic E-state index is 10.7. The fourth-order valence-electron chi connectivity index (χ4n) is 3.09. The zero-order valence-electron chi connectivity index (χ0n) is 11.3. The Labute approximate surface area is 105 Å². The van der Waals surface area contributed by atoms with Gasteiger partial charge in [0, 0.05) is 6.42 Å². The third-order valence-electron chi connectivity index (χ3n) is 4.17. The molecule has 0 spiro atoms. The summed E-state index contributed by atoms with van der Waals surface area (Å²) in [5, 5.41) is 10.7. The molecule has 0 radical (unpaired) electrons. The average molecular weight is 232 g/mol. The molecule has 0 saturated heterocycles. The van der Waals surface area contributed by atoms with Crippen molar-refractivity contribution in [1.82, 2.24) is 0 Å². The summed E-state index contributed by atoms with van der Waals surface area (Å²) in [6.45, 7) is 6.54. The summed E-state index contributed by atoms with van der Waals surface area (Å²) in [4.78, 5) is 0. The molecule has 0 heterocycles. The topological polar surface area (TPSA) is 20.2 Å². The van der Waals surface area contributed by atoms with Crippen molar-refractivity contribution in [3.63, 3.8) is 0 Å². The minimum absolute atomic E-state index is 0.459. The quantitative estimate of drug-likeness (QED) is 0.822. The molecule has 2 unspecified atom stereocenters. The molecule has 1 aromatic rings. The van der Waals surface area contributed by atoms with E-state index in [0.717, 1.165) is 19.3 Å². The monoisotopic (exact) mass is 232 g/mol. The van der Waals surface area contributed by atoms with Crippen molar-refractivity contribution < 1.29 is 5.11 Å². The van der Waals surface area contributed by atoms with Crippen molar-refractivity contribution in [3.05, 3.63) is 34.9 Å². The van der Waals surface area contributed by atoms with Gasteiger partial charge in [-0.2, -0.15) is 0 Å². The third kappa shape index (κ3) is 3.10. The molecule has 1 nitrogen and oxygen atoms in total. The second-order valence-corrected chi connectivity index (χ2v) is 6.02. The van der Waals surface area contributed by atoms with E-state index in [0.29, 0.717) is 5.92 Å². The second-order valence-electron chi connectivity index (χ2n) is 6.02. The van der Waals surface area contributed by atoms with Gasteiger partial charge in [0.1, 0.15) is 0 Å². The van der Waals surface area contributed by atoms with Crippen LogP contribution in [0.5, 0.6) is 0 Å². The Morgan fingerprint density at radius 2 is 2.06 bits per heavy atom. The van der Waals surface area contributed by atoms with Gasteiger partial charge < -0.3 is 5.11 Å². The number of aliphatic hydroxyl groups is 1. The fourth-order valence-corrected chi connectivity index (χ4v) is 3.09. The van der Waals surface area contributed by atoms with Gasteiger partial charge in [-0.1, -0.05) is 38.0 Å². The molecule has 0 amide bonds. The lowest BCUT2D eigenvalue weighted by atomic mass is 9.76. The number of benzene rings is 1. The number of aryl methyl sites for hydroxylation is 2. The van der Waals surface area contributed by atoms with Gasteiger partial charge in [-0.05, 0) is 49.3 Å². The van der Waals surface area contributed by atoms with Gasteiger partial charge in [-0.3, -0.25) is 0 Å². The maximum absolute atomic E-state index is 10.7. The zero-order valence-corrected chi connectivity index (χ0v) is 11.3. The van der Waals surface area contributed by atoms with Gasteiger partial charge >= 0.3 is 0 Å². The Kier molecular flexibility index (Phi) is 3.58. The standard InChI is InChI=1S/C16H24O/c1-12-5-4-8-16(17,10-12)11-15-7-6-13(2)14(3)9-15/h6-7,9,12,17H,4-5,8,10-11H2,1-3H3. The van der Waals surface area contributed by atoms with Crippen molar-refractivity contribution >= 4 is 0 Å². The summed E-state index contributed by atoms with van der Waals surface area (Å²) < 4.78 is 0. The van der Waals surface area contributed by atoms with E-state index in [-0.39, 0.29) is 0 Å². The van der Waals surface area contributed by atoms with Crippen LogP contribution in [-0.2, 0) is 6.42 Å². The molecular formula is C16H24O. The predicted molar refractivity (Wildman–Crippen MR) is 72.2 cm³/mol. The number of hydrogen-bond acceptors (Lipinski definition) is 1. The van der Waals surface area contributed by atoms with Gasteiger partial charge in [0.2, 0.25) is 0 Å². The van der Waals surface area contributed by atoms with Gasteiger partial charge in [0.25, 0.3) is 0 Å². The zero-order chi connectivity index (χ0) is 12.5. The van der Waals surface area contributed by atoms with Crippen molar-refractivity contribution in [2.75, 3.05) is 0 Å². The summed E-state index contributed by atoms with van der Waals surface area (Å²) in [6, 6.07) is 6.56. The van der Waals surface area contributed by atoms with Gasteiger partial charge in [0.05, 0.1) is 5.60 Å². The van der Waals surface area contributed by atoms with Gasteiger partial charge in [0.15, 0.2) is 0 Å². The molecular weight excluding hydrogens is 208 g/mol. The highest BCUT2D eigenvalue weighted by Crippen LogP contribution is 2.34. The molecule has 1 heteroatoms. The van der Waals surface area contributed by atoms with Crippen LogP contribution >= 0.6 is 0 Å². The van der Waals surface area contributed by atoms with Crippen molar-refractivity contribution in [2.24, 2.45) is 5.92 Å². The normalized spacial score (nSPS) is 29.3. The second kappa shape index (κ2) is 4.81. The number of rotatable bonds is 2. The maximum Gasteiger partial charge on any atom is 0.0690 e. The van der Waals surface area contributed by atoms with E-state index in [1.807, 2.05) is 0 Å². The van der Waals surface area contributed by atoms with Crippen LogP contribution in [0.15, 0.2) is 18.2 Å². The van der Waals surface area contributed by atoms with Crippen LogP contribution in [0.3, 0.4) is 0 Å². The Morgan fingerprint density at radius 3 is 2.71 bits per heavy atom. The van der Waals surface area contributed by atoms with Crippen LogP contribution in [0, 0.1) is 19.8 Å². The van der Waals surface area contributed by atoms with Crippen LogP contribution in [0.1, 0.15) is 49.3 Å². The van der Waals surface area contributed by atoms with Crippen molar-refractivity contribution in [3.8, 4) is 0 Å². The molecule has 2 atom stereocenters.